The molecule has 70 valence electrons. The summed E-state index contributed by atoms with van der Waals surface area (Å²) in [5, 5.41) is 2.13. The van der Waals surface area contributed by atoms with Crippen LogP contribution < -0.4 is 0 Å². The van der Waals surface area contributed by atoms with Gasteiger partial charge in [0.1, 0.15) is 5.03 Å². The normalized spacial score (nSPS) is 17.9. The fourth-order valence-electron chi connectivity index (χ4n) is 1.55. The zero-order valence-electron chi connectivity index (χ0n) is 7.24. The summed E-state index contributed by atoms with van der Waals surface area (Å²) in [6.45, 7) is 0. The van der Waals surface area contributed by atoms with Crippen LogP contribution in [0.15, 0.2) is 17.4 Å². The van der Waals surface area contributed by atoms with Gasteiger partial charge in [0.25, 0.3) is 0 Å². The number of halogens is 1. The van der Waals surface area contributed by atoms with E-state index < -0.39 is 0 Å². The molecule has 2 rings (SSSR count). The minimum absolute atomic E-state index is 0.541. The van der Waals surface area contributed by atoms with E-state index in [0.29, 0.717) is 10.4 Å². The van der Waals surface area contributed by atoms with Crippen LogP contribution >= 0.6 is 23.4 Å². The lowest BCUT2D eigenvalue weighted by molar-refractivity contribution is 0.886. The summed E-state index contributed by atoms with van der Waals surface area (Å²) in [6, 6.07) is 0. The molecule has 0 N–H and O–H groups in total. The summed E-state index contributed by atoms with van der Waals surface area (Å²) in [7, 11) is 0. The van der Waals surface area contributed by atoms with Gasteiger partial charge in [0.15, 0.2) is 5.15 Å². The van der Waals surface area contributed by atoms with Crippen molar-refractivity contribution < 1.29 is 0 Å². The molecule has 0 saturated heterocycles. The molecule has 1 aliphatic carbocycles. The molecule has 0 amide bonds. The van der Waals surface area contributed by atoms with Crippen LogP contribution in [0.1, 0.15) is 25.7 Å². The van der Waals surface area contributed by atoms with Crippen molar-refractivity contribution in [3.8, 4) is 0 Å². The molecule has 1 aliphatic rings. The lowest BCUT2D eigenvalue weighted by Crippen LogP contribution is -1.95. The molecule has 1 heterocycles. The number of hydrogen-bond acceptors (Lipinski definition) is 3. The van der Waals surface area contributed by atoms with Gasteiger partial charge in [0.2, 0.25) is 0 Å². The third-order valence-electron chi connectivity index (χ3n) is 2.20. The minimum atomic E-state index is 0.541. The highest BCUT2D eigenvalue weighted by atomic mass is 35.5. The zero-order valence-corrected chi connectivity index (χ0v) is 8.81. The third-order valence-corrected chi connectivity index (χ3v) is 3.92. The number of hydrogen-bond donors (Lipinski definition) is 0. The van der Waals surface area contributed by atoms with E-state index in [9.17, 15) is 0 Å². The van der Waals surface area contributed by atoms with Crippen molar-refractivity contribution in [2.75, 3.05) is 0 Å². The molecule has 0 atom stereocenters. The monoisotopic (exact) mass is 214 g/mol. The first kappa shape index (κ1) is 9.28. The predicted octanol–water partition coefficient (Wildman–Crippen LogP) is 3.16. The van der Waals surface area contributed by atoms with E-state index in [2.05, 4.69) is 9.97 Å². The summed E-state index contributed by atoms with van der Waals surface area (Å²) < 4.78 is 0. The van der Waals surface area contributed by atoms with E-state index >= 15 is 0 Å². The third kappa shape index (κ3) is 2.35. The van der Waals surface area contributed by atoms with Crippen molar-refractivity contribution in [2.24, 2.45) is 0 Å². The molecule has 1 aromatic heterocycles. The molecule has 1 aromatic rings. The van der Waals surface area contributed by atoms with E-state index in [0.717, 1.165) is 5.03 Å². The summed E-state index contributed by atoms with van der Waals surface area (Å²) >= 11 is 7.68. The topological polar surface area (TPSA) is 25.8 Å². The Labute approximate surface area is 87.1 Å². The number of nitrogens with zero attached hydrogens (tertiary/aromatic N) is 2. The summed E-state index contributed by atoms with van der Waals surface area (Å²) in [6.07, 6.45) is 8.59. The van der Waals surface area contributed by atoms with Gasteiger partial charge in [0.05, 0.1) is 0 Å². The van der Waals surface area contributed by atoms with Gasteiger partial charge in [-0.15, -0.1) is 0 Å². The van der Waals surface area contributed by atoms with Crippen LogP contribution in [0.4, 0.5) is 0 Å². The smallest absolute Gasteiger partial charge is 0.161 e. The van der Waals surface area contributed by atoms with Crippen molar-refractivity contribution in [1.82, 2.24) is 9.97 Å². The molecule has 1 fully saturated rings. The zero-order chi connectivity index (χ0) is 9.10. The highest BCUT2D eigenvalue weighted by Gasteiger charge is 2.18. The second-order valence-corrected chi connectivity index (χ2v) is 4.82. The first-order valence-electron chi connectivity index (χ1n) is 4.49. The number of rotatable bonds is 2. The largest absolute Gasteiger partial charge is 0.245 e. The van der Waals surface area contributed by atoms with Crippen LogP contribution in [0.2, 0.25) is 5.15 Å². The van der Waals surface area contributed by atoms with Gasteiger partial charge in [-0.3, -0.25) is 0 Å². The van der Waals surface area contributed by atoms with Crippen LogP contribution in [0.5, 0.6) is 0 Å². The number of thioether (sulfide) groups is 1. The van der Waals surface area contributed by atoms with Gasteiger partial charge in [-0.25, -0.2) is 9.97 Å². The summed E-state index contributed by atoms with van der Waals surface area (Å²) in [4.78, 5) is 8.21. The van der Waals surface area contributed by atoms with Crippen molar-refractivity contribution >= 4 is 23.4 Å². The van der Waals surface area contributed by atoms with Gasteiger partial charge in [-0.1, -0.05) is 36.2 Å². The fraction of sp³-hybridized carbons (Fsp3) is 0.556. The van der Waals surface area contributed by atoms with Crippen LogP contribution in [0.25, 0.3) is 0 Å². The van der Waals surface area contributed by atoms with Gasteiger partial charge in [0, 0.05) is 17.6 Å². The molecule has 0 unspecified atom stereocenters. The summed E-state index contributed by atoms with van der Waals surface area (Å²) in [5.41, 5.74) is 0. The minimum Gasteiger partial charge on any atom is -0.245 e. The predicted molar refractivity (Wildman–Crippen MR) is 55.2 cm³/mol. The average Bonchev–Trinajstić information content (AvgIpc) is 2.61. The van der Waals surface area contributed by atoms with Crippen molar-refractivity contribution in [1.29, 1.82) is 0 Å². The van der Waals surface area contributed by atoms with E-state index in [-0.39, 0.29) is 0 Å². The Bertz CT molecular complexity index is 287. The molecule has 1 saturated carbocycles. The van der Waals surface area contributed by atoms with Crippen LogP contribution in [0.3, 0.4) is 0 Å². The van der Waals surface area contributed by atoms with Gasteiger partial charge in [-0.2, -0.15) is 0 Å². The highest BCUT2D eigenvalue weighted by Crippen LogP contribution is 2.35. The molecular formula is C9H11ClN2S. The molecule has 0 aliphatic heterocycles. The van der Waals surface area contributed by atoms with Gasteiger partial charge >= 0.3 is 0 Å². The SMILES string of the molecule is Clc1nccnc1SC1CCCC1. The molecule has 13 heavy (non-hydrogen) atoms. The van der Waals surface area contributed by atoms with Crippen LogP contribution in [-0.2, 0) is 0 Å². The standard InChI is InChI=1S/C9H11ClN2S/c10-8-9(12-6-5-11-8)13-7-3-1-2-4-7/h5-7H,1-4H2. The van der Waals surface area contributed by atoms with Crippen molar-refractivity contribution in [3.63, 3.8) is 0 Å². The van der Waals surface area contributed by atoms with Crippen molar-refractivity contribution in [3.05, 3.63) is 17.5 Å². The number of aromatic nitrogens is 2. The second kappa shape index (κ2) is 4.29. The van der Waals surface area contributed by atoms with E-state index in [1.807, 2.05) is 0 Å². The maximum Gasteiger partial charge on any atom is 0.161 e. The Kier molecular flexibility index (Phi) is 3.06. The maximum atomic E-state index is 5.91. The molecule has 0 bridgehead atoms. The highest BCUT2D eigenvalue weighted by molar-refractivity contribution is 8.00. The molecule has 0 spiro atoms. The van der Waals surface area contributed by atoms with Crippen molar-refractivity contribution in [2.45, 2.75) is 36.0 Å². The Morgan fingerprint density at radius 2 is 1.92 bits per heavy atom. The van der Waals surface area contributed by atoms with Gasteiger partial charge in [-0.05, 0) is 12.8 Å². The van der Waals surface area contributed by atoms with E-state index in [1.54, 1.807) is 24.2 Å². The molecule has 0 aromatic carbocycles. The molecule has 0 radical (unpaired) electrons. The molecular weight excluding hydrogens is 204 g/mol. The molecule has 4 heteroatoms. The van der Waals surface area contributed by atoms with E-state index in [1.165, 1.54) is 25.7 Å². The Morgan fingerprint density at radius 3 is 2.62 bits per heavy atom. The summed E-state index contributed by atoms with van der Waals surface area (Å²) in [5.74, 6) is 0. The lowest BCUT2D eigenvalue weighted by atomic mass is 10.4. The van der Waals surface area contributed by atoms with Gasteiger partial charge < -0.3 is 0 Å². The quantitative estimate of drug-likeness (QED) is 0.757. The Balaban J connectivity index is 2.04. The maximum absolute atomic E-state index is 5.91. The molecule has 2 nitrogen and oxygen atoms in total. The van der Waals surface area contributed by atoms with E-state index in [4.69, 9.17) is 11.6 Å². The first-order valence-corrected chi connectivity index (χ1v) is 5.75. The lowest BCUT2D eigenvalue weighted by Gasteiger charge is -2.07. The second-order valence-electron chi connectivity index (χ2n) is 3.18. The fourth-order valence-corrected chi connectivity index (χ4v) is 2.95. The van der Waals surface area contributed by atoms with Crippen LogP contribution in [-0.4, -0.2) is 15.2 Å². The first-order chi connectivity index (χ1) is 6.36. The Morgan fingerprint density at radius 1 is 1.23 bits per heavy atom. The average molecular weight is 215 g/mol. The Hall–Kier alpha value is -0.280. The van der Waals surface area contributed by atoms with Crippen LogP contribution in [0, 0.1) is 0 Å².